The first-order valence-electron chi connectivity index (χ1n) is 9.73. The largest absolute Gasteiger partial charge is 0.493 e. The number of hydrogen-bond donors (Lipinski definition) is 1. The lowest BCUT2D eigenvalue weighted by Crippen LogP contribution is -2.25. The van der Waals surface area contributed by atoms with Gasteiger partial charge in [0, 0.05) is 0 Å². The van der Waals surface area contributed by atoms with E-state index >= 15 is 0 Å². The van der Waals surface area contributed by atoms with Crippen molar-refractivity contribution in [2.75, 3.05) is 20.8 Å². The third-order valence-corrected chi connectivity index (χ3v) is 5.07. The Morgan fingerprint density at radius 3 is 2.52 bits per heavy atom. The quantitative estimate of drug-likeness (QED) is 0.704. The van der Waals surface area contributed by atoms with Gasteiger partial charge < -0.3 is 24.7 Å². The number of nitriles is 1. The number of benzene rings is 2. The first-order valence-corrected chi connectivity index (χ1v) is 9.73. The highest BCUT2D eigenvalue weighted by molar-refractivity contribution is 5.93. The standard InChI is InChI=1S/C24H24N2O5/c1-5-30-24(27)21-14(2)31-23(26)18(13-25)22(21)17-9-7-6-8-16(17)15-10-11-19(28-3)20(12-15)29-4/h6-12,22H,5,26H2,1-4H3. The Morgan fingerprint density at radius 2 is 1.87 bits per heavy atom. The Bertz CT molecular complexity index is 1110. The van der Waals surface area contributed by atoms with Crippen molar-refractivity contribution in [3.63, 3.8) is 0 Å². The molecule has 0 amide bonds. The molecule has 0 saturated heterocycles. The first kappa shape index (κ1) is 21.8. The van der Waals surface area contributed by atoms with Crippen LogP contribution in [0.2, 0.25) is 0 Å². The summed E-state index contributed by atoms with van der Waals surface area (Å²) in [6.45, 7) is 3.56. The fourth-order valence-corrected chi connectivity index (χ4v) is 3.68. The van der Waals surface area contributed by atoms with Crippen LogP contribution in [0.3, 0.4) is 0 Å². The summed E-state index contributed by atoms with van der Waals surface area (Å²) in [5, 5.41) is 9.84. The maximum Gasteiger partial charge on any atom is 0.338 e. The minimum atomic E-state index is -0.734. The zero-order chi connectivity index (χ0) is 22.5. The number of nitrogens with zero attached hydrogens (tertiary/aromatic N) is 1. The van der Waals surface area contributed by atoms with Crippen LogP contribution in [0.4, 0.5) is 0 Å². The smallest absolute Gasteiger partial charge is 0.338 e. The first-order chi connectivity index (χ1) is 15.0. The van der Waals surface area contributed by atoms with Gasteiger partial charge in [-0.3, -0.25) is 0 Å². The maximum absolute atomic E-state index is 12.8. The fraction of sp³-hybridized carbons (Fsp3) is 0.250. The molecule has 1 unspecified atom stereocenters. The zero-order valence-corrected chi connectivity index (χ0v) is 17.9. The van der Waals surface area contributed by atoms with Crippen LogP contribution in [0.5, 0.6) is 11.5 Å². The topological polar surface area (TPSA) is 104 Å². The van der Waals surface area contributed by atoms with Crippen molar-refractivity contribution in [2.24, 2.45) is 5.73 Å². The third-order valence-electron chi connectivity index (χ3n) is 5.07. The molecule has 0 fully saturated rings. The lowest BCUT2D eigenvalue weighted by atomic mass is 9.79. The Hall–Kier alpha value is -3.92. The second kappa shape index (κ2) is 9.26. The Balaban J connectivity index is 2.24. The number of esters is 1. The van der Waals surface area contributed by atoms with E-state index in [9.17, 15) is 10.1 Å². The summed E-state index contributed by atoms with van der Waals surface area (Å²) < 4.78 is 21.5. The van der Waals surface area contributed by atoms with Crippen LogP contribution in [-0.4, -0.2) is 26.8 Å². The van der Waals surface area contributed by atoms with Crippen molar-refractivity contribution >= 4 is 5.97 Å². The molecule has 0 aliphatic carbocycles. The number of carbonyl (C=O) groups excluding carboxylic acids is 1. The van der Waals surface area contributed by atoms with Crippen molar-refractivity contribution in [1.82, 2.24) is 0 Å². The third kappa shape index (κ3) is 4.05. The zero-order valence-electron chi connectivity index (χ0n) is 17.9. The summed E-state index contributed by atoms with van der Waals surface area (Å²) in [6.07, 6.45) is 0. The molecule has 1 atom stereocenters. The van der Waals surface area contributed by atoms with E-state index < -0.39 is 11.9 Å². The lowest BCUT2D eigenvalue weighted by Gasteiger charge is -2.28. The molecular weight excluding hydrogens is 396 g/mol. The minimum absolute atomic E-state index is 0.0276. The summed E-state index contributed by atoms with van der Waals surface area (Å²) in [6, 6.07) is 15.1. The molecule has 2 aromatic rings. The van der Waals surface area contributed by atoms with Crippen LogP contribution >= 0.6 is 0 Å². The molecule has 2 N–H and O–H groups in total. The molecule has 1 heterocycles. The monoisotopic (exact) mass is 420 g/mol. The van der Waals surface area contributed by atoms with Gasteiger partial charge in [-0.1, -0.05) is 30.3 Å². The number of hydrogen-bond acceptors (Lipinski definition) is 7. The van der Waals surface area contributed by atoms with Gasteiger partial charge in [-0.05, 0) is 42.7 Å². The molecule has 0 aromatic heterocycles. The van der Waals surface area contributed by atoms with E-state index in [1.54, 1.807) is 34.1 Å². The highest BCUT2D eigenvalue weighted by atomic mass is 16.5. The molecule has 2 aromatic carbocycles. The average Bonchev–Trinajstić information content (AvgIpc) is 2.78. The van der Waals surface area contributed by atoms with Gasteiger partial charge in [0.15, 0.2) is 11.5 Å². The van der Waals surface area contributed by atoms with E-state index in [1.807, 2.05) is 36.4 Å². The van der Waals surface area contributed by atoms with Gasteiger partial charge in [-0.25, -0.2) is 4.79 Å². The minimum Gasteiger partial charge on any atom is -0.493 e. The molecule has 1 aliphatic heterocycles. The molecule has 3 rings (SSSR count). The van der Waals surface area contributed by atoms with E-state index in [1.165, 1.54) is 0 Å². The second-order valence-corrected chi connectivity index (χ2v) is 6.77. The highest BCUT2D eigenvalue weighted by Crippen LogP contribution is 2.44. The molecule has 1 aliphatic rings. The molecule has 0 bridgehead atoms. The van der Waals surface area contributed by atoms with Crippen LogP contribution in [0.1, 0.15) is 25.3 Å². The Labute approximate surface area is 181 Å². The number of rotatable bonds is 6. The van der Waals surface area contributed by atoms with Gasteiger partial charge in [0.1, 0.15) is 17.4 Å². The number of allylic oxidation sites excluding steroid dienone is 2. The van der Waals surface area contributed by atoms with E-state index in [0.717, 1.165) is 16.7 Å². The van der Waals surface area contributed by atoms with Gasteiger partial charge in [-0.2, -0.15) is 5.26 Å². The van der Waals surface area contributed by atoms with Crippen molar-refractivity contribution in [3.05, 3.63) is 70.8 Å². The molecule has 0 spiro atoms. The molecule has 160 valence electrons. The lowest BCUT2D eigenvalue weighted by molar-refractivity contribution is -0.139. The molecule has 7 heteroatoms. The van der Waals surface area contributed by atoms with Gasteiger partial charge in [0.25, 0.3) is 0 Å². The summed E-state index contributed by atoms with van der Waals surface area (Å²) in [5.41, 5.74) is 8.80. The summed E-state index contributed by atoms with van der Waals surface area (Å²) >= 11 is 0. The summed E-state index contributed by atoms with van der Waals surface area (Å²) in [5.74, 6) is 0.158. The second-order valence-electron chi connectivity index (χ2n) is 6.77. The summed E-state index contributed by atoms with van der Waals surface area (Å²) in [7, 11) is 3.13. The van der Waals surface area contributed by atoms with E-state index in [0.29, 0.717) is 17.3 Å². The van der Waals surface area contributed by atoms with Crippen molar-refractivity contribution < 1.29 is 23.7 Å². The maximum atomic E-state index is 12.8. The van der Waals surface area contributed by atoms with Crippen LogP contribution in [0.25, 0.3) is 11.1 Å². The van der Waals surface area contributed by atoms with E-state index in [2.05, 4.69) is 6.07 Å². The van der Waals surface area contributed by atoms with Crippen molar-refractivity contribution in [3.8, 4) is 28.7 Å². The van der Waals surface area contributed by atoms with E-state index in [-0.39, 0.29) is 23.6 Å². The van der Waals surface area contributed by atoms with Crippen LogP contribution < -0.4 is 15.2 Å². The van der Waals surface area contributed by atoms with Gasteiger partial charge in [0.2, 0.25) is 5.88 Å². The fourth-order valence-electron chi connectivity index (χ4n) is 3.68. The predicted molar refractivity (Wildman–Crippen MR) is 115 cm³/mol. The van der Waals surface area contributed by atoms with Gasteiger partial charge in [0.05, 0.1) is 32.3 Å². The molecule has 0 saturated carbocycles. The molecule has 7 nitrogen and oxygen atoms in total. The predicted octanol–water partition coefficient (Wildman–Crippen LogP) is 4.02. The normalized spacial score (nSPS) is 15.8. The Morgan fingerprint density at radius 1 is 1.16 bits per heavy atom. The van der Waals surface area contributed by atoms with Crippen LogP contribution in [0, 0.1) is 11.3 Å². The summed E-state index contributed by atoms with van der Waals surface area (Å²) in [4.78, 5) is 12.8. The molecule has 0 radical (unpaired) electrons. The highest BCUT2D eigenvalue weighted by Gasteiger charge is 2.37. The van der Waals surface area contributed by atoms with Gasteiger partial charge in [-0.15, -0.1) is 0 Å². The molecule has 31 heavy (non-hydrogen) atoms. The van der Waals surface area contributed by atoms with Crippen molar-refractivity contribution in [1.29, 1.82) is 5.26 Å². The van der Waals surface area contributed by atoms with Crippen LogP contribution in [-0.2, 0) is 14.3 Å². The number of carbonyl (C=O) groups is 1. The van der Waals surface area contributed by atoms with Crippen molar-refractivity contribution in [2.45, 2.75) is 19.8 Å². The number of nitrogens with two attached hydrogens (primary N) is 1. The molecular formula is C24H24N2O5. The van der Waals surface area contributed by atoms with Crippen LogP contribution in [0.15, 0.2) is 65.3 Å². The number of methoxy groups -OCH3 is 2. The Kier molecular flexibility index (Phi) is 6.51. The number of ether oxygens (including phenoxy) is 4. The SMILES string of the molecule is CCOC(=O)C1=C(C)OC(N)=C(C#N)C1c1ccccc1-c1ccc(OC)c(OC)c1. The van der Waals surface area contributed by atoms with E-state index in [4.69, 9.17) is 24.7 Å². The average molecular weight is 420 g/mol. The van der Waals surface area contributed by atoms with Gasteiger partial charge >= 0.3 is 5.97 Å².